The van der Waals surface area contributed by atoms with Crippen LogP contribution in [0.15, 0.2) is 29.4 Å². The van der Waals surface area contributed by atoms with Gasteiger partial charge in [-0.3, -0.25) is 4.79 Å². The molecule has 0 radical (unpaired) electrons. The lowest BCUT2D eigenvalue weighted by Crippen LogP contribution is -2.19. The third-order valence-corrected chi connectivity index (χ3v) is 5.04. The summed E-state index contributed by atoms with van der Waals surface area (Å²) in [7, 11) is 0. The number of carbonyl (C=O) groups excluding carboxylic acids is 1. The first kappa shape index (κ1) is 18.6. The van der Waals surface area contributed by atoms with Crippen LogP contribution in [0.4, 0.5) is 13.2 Å². The number of nitrogens with one attached hydrogen (secondary N) is 1. The number of H-pyrrole nitrogens is 1. The zero-order valence-corrected chi connectivity index (χ0v) is 15.4. The highest BCUT2D eigenvalue weighted by Gasteiger charge is 2.30. The number of halogens is 3. The molecule has 0 bridgehead atoms. The van der Waals surface area contributed by atoms with E-state index in [2.05, 4.69) is 9.97 Å². The Morgan fingerprint density at radius 2 is 1.96 bits per heavy atom. The molecule has 0 unspecified atom stereocenters. The summed E-state index contributed by atoms with van der Waals surface area (Å²) in [5, 5.41) is 0.614. The summed E-state index contributed by atoms with van der Waals surface area (Å²) in [5.41, 5.74) is 3.90. The highest BCUT2D eigenvalue weighted by molar-refractivity contribution is 7.99. The summed E-state index contributed by atoms with van der Waals surface area (Å²) in [5.74, 6) is -0.108. The Balaban J connectivity index is 1.74. The Hall–Kier alpha value is -2.22. The lowest BCUT2D eigenvalue weighted by Gasteiger charge is -2.12. The maximum absolute atomic E-state index is 12.7. The number of rotatable bonds is 5. The molecule has 2 aromatic heterocycles. The minimum absolute atomic E-state index is 0.106. The molecule has 2 heterocycles. The van der Waals surface area contributed by atoms with E-state index in [1.807, 2.05) is 25.1 Å². The van der Waals surface area contributed by atoms with Gasteiger partial charge in [0.2, 0.25) is 0 Å². The second kappa shape index (κ2) is 6.83. The van der Waals surface area contributed by atoms with Crippen LogP contribution in [0.25, 0.3) is 11.0 Å². The number of Topliss-reactive ketones (excluding diaryl/α,β-unsaturated/α-hetero) is 1. The Labute approximate surface area is 152 Å². The molecule has 0 spiro atoms. The molecule has 3 rings (SSSR count). The molecule has 3 aromatic rings. The van der Waals surface area contributed by atoms with Crippen LogP contribution >= 0.6 is 11.8 Å². The van der Waals surface area contributed by atoms with Crippen molar-refractivity contribution >= 4 is 28.6 Å². The van der Waals surface area contributed by atoms with Crippen LogP contribution in [-0.4, -0.2) is 32.2 Å². The monoisotopic (exact) mass is 381 g/mol. The van der Waals surface area contributed by atoms with Crippen LogP contribution < -0.4 is 0 Å². The number of nitrogens with zero attached hydrogens (tertiary/aromatic N) is 2. The summed E-state index contributed by atoms with van der Waals surface area (Å²) in [6.07, 6.45) is -4.32. The molecule has 0 fully saturated rings. The zero-order valence-electron chi connectivity index (χ0n) is 14.6. The highest BCUT2D eigenvalue weighted by atomic mass is 32.2. The Bertz CT molecular complexity index is 972. The van der Waals surface area contributed by atoms with Crippen LogP contribution in [0.3, 0.4) is 0 Å². The highest BCUT2D eigenvalue weighted by Crippen LogP contribution is 2.25. The second-order valence-electron chi connectivity index (χ2n) is 6.26. The van der Waals surface area contributed by atoms with Crippen molar-refractivity contribution in [2.75, 3.05) is 5.75 Å². The van der Waals surface area contributed by atoms with E-state index in [0.717, 1.165) is 21.2 Å². The van der Waals surface area contributed by atoms with Gasteiger partial charge in [0.05, 0.1) is 16.8 Å². The molecule has 0 aliphatic rings. The maximum Gasteiger partial charge on any atom is 0.406 e. The first-order chi connectivity index (χ1) is 12.1. The lowest BCUT2D eigenvalue weighted by molar-refractivity contribution is -0.141. The van der Waals surface area contributed by atoms with Gasteiger partial charge >= 0.3 is 6.18 Å². The van der Waals surface area contributed by atoms with E-state index in [-0.39, 0.29) is 11.5 Å². The van der Waals surface area contributed by atoms with Gasteiger partial charge in [-0.15, -0.1) is 0 Å². The van der Waals surface area contributed by atoms with Gasteiger partial charge in [-0.1, -0.05) is 17.8 Å². The molecule has 1 aromatic carbocycles. The van der Waals surface area contributed by atoms with Gasteiger partial charge in [-0.25, -0.2) is 4.98 Å². The third kappa shape index (κ3) is 3.95. The molecule has 8 heteroatoms. The van der Waals surface area contributed by atoms with E-state index < -0.39 is 12.7 Å². The number of alkyl halides is 3. The van der Waals surface area contributed by atoms with E-state index in [0.29, 0.717) is 22.1 Å². The molecule has 4 nitrogen and oxygen atoms in total. The van der Waals surface area contributed by atoms with Crippen LogP contribution in [0, 0.1) is 20.8 Å². The fraction of sp³-hybridized carbons (Fsp3) is 0.333. The van der Waals surface area contributed by atoms with Crippen molar-refractivity contribution in [3.8, 4) is 0 Å². The van der Waals surface area contributed by atoms with Crippen molar-refractivity contribution in [2.24, 2.45) is 0 Å². The molecule has 26 heavy (non-hydrogen) atoms. The van der Waals surface area contributed by atoms with Gasteiger partial charge in [0.15, 0.2) is 10.9 Å². The Kier molecular flexibility index (Phi) is 4.88. The number of aryl methyl sites for hydroxylation is 2. The summed E-state index contributed by atoms with van der Waals surface area (Å²) < 4.78 is 39.2. The van der Waals surface area contributed by atoms with Gasteiger partial charge in [-0.05, 0) is 44.5 Å². The number of aromatic amines is 1. The standard InChI is InChI=1S/C18H18F3N3OS/c1-10-4-5-14-15(6-10)23-17(22-14)26-8-16(25)13-7-11(2)24(12(13)3)9-18(19,20)21/h4-7H,8-9H2,1-3H3,(H,22,23). The minimum atomic E-state index is -4.32. The van der Waals surface area contributed by atoms with Crippen molar-refractivity contribution in [1.29, 1.82) is 0 Å². The summed E-state index contributed by atoms with van der Waals surface area (Å²) >= 11 is 1.24. The quantitative estimate of drug-likeness (QED) is 0.509. The minimum Gasteiger partial charge on any atom is -0.339 e. The van der Waals surface area contributed by atoms with Crippen molar-refractivity contribution in [1.82, 2.24) is 14.5 Å². The number of aromatic nitrogens is 3. The average Bonchev–Trinajstić information content (AvgIpc) is 3.06. The number of benzene rings is 1. The first-order valence-electron chi connectivity index (χ1n) is 8.00. The fourth-order valence-corrected chi connectivity index (χ4v) is 3.65. The molecule has 1 N–H and O–H groups in total. The molecular weight excluding hydrogens is 363 g/mol. The van der Waals surface area contributed by atoms with Gasteiger partial charge in [0.1, 0.15) is 6.54 Å². The molecule has 138 valence electrons. The Morgan fingerprint density at radius 1 is 1.23 bits per heavy atom. The van der Waals surface area contributed by atoms with E-state index in [9.17, 15) is 18.0 Å². The molecular formula is C18H18F3N3OS. The maximum atomic E-state index is 12.7. The summed E-state index contributed by atoms with van der Waals surface area (Å²) in [6, 6.07) is 7.35. The van der Waals surface area contributed by atoms with Gasteiger partial charge in [0.25, 0.3) is 0 Å². The molecule has 0 aliphatic carbocycles. The topological polar surface area (TPSA) is 50.7 Å². The smallest absolute Gasteiger partial charge is 0.339 e. The fourth-order valence-electron chi connectivity index (χ4n) is 2.89. The largest absolute Gasteiger partial charge is 0.406 e. The number of hydrogen-bond acceptors (Lipinski definition) is 3. The predicted molar refractivity (Wildman–Crippen MR) is 95.8 cm³/mol. The van der Waals surface area contributed by atoms with E-state index in [1.165, 1.54) is 17.8 Å². The third-order valence-electron chi connectivity index (χ3n) is 4.17. The number of carbonyl (C=O) groups is 1. The van der Waals surface area contributed by atoms with E-state index in [4.69, 9.17) is 0 Å². The van der Waals surface area contributed by atoms with Crippen LogP contribution in [0.2, 0.25) is 0 Å². The molecule has 0 saturated heterocycles. The first-order valence-corrected chi connectivity index (χ1v) is 8.98. The van der Waals surface area contributed by atoms with Crippen molar-refractivity contribution in [2.45, 2.75) is 38.6 Å². The summed E-state index contributed by atoms with van der Waals surface area (Å²) in [6.45, 7) is 4.01. The van der Waals surface area contributed by atoms with Crippen molar-refractivity contribution < 1.29 is 18.0 Å². The van der Waals surface area contributed by atoms with Crippen LogP contribution in [0.1, 0.15) is 27.3 Å². The van der Waals surface area contributed by atoms with Crippen molar-refractivity contribution in [3.63, 3.8) is 0 Å². The van der Waals surface area contributed by atoms with Gasteiger partial charge in [-0.2, -0.15) is 13.2 Å². The number of thioether (sulfide) groups is 1. The van der Waals surface area contributed by atoms with Gasteiger partial charge < -0.3 is 9.55 Å². The summed E-state index contributed by atoms with van der Waals surface area (Å²) in [4.78, 5) is 20.0. The molecule has 0 saturated carbocycles. The Morgan fingerprint density at radius 3 is 2.65 bits per heavy atom. The second-order valence-corrected chi connectivity index (χ2v) is 7.22. The lowest BCUT2D eigenvalue weighted by atomic mass is 10.2. The van der Waals surface area contributed by atoms with Crippen LogP contribution in [0.5, 0.6) is 0 Å². The zero-order chi connectivity index (χ0) is 19.1. The molecule has 0 atom stereocenters. The van der Waals surface area contributed by atoms with Crippen LogP contribution in [-0.2, 0) is 6.54 Å². The number of ketones is 1. The normalized spacial score (nSPS) is 12.1. The van der Waals surface area contributed by atoms with E-state index >= 15 is 0 Å². The predicted octanol–water partition coefficient (Wildman–Crippen LogP) is 4.83. The number of imidazole rings is 1. The van der Waals surface area contributed by atoms with Crippen molar-refractivity contribution in [3.05, 3.63) is 46.8 Å². The van der Waals surface area contributed by atoms with E-state index in [1.54, 1.807) is 13.8 Å². The molecule has 0 amide bonds. The van der Waals surface area contributed by atoms with Gasteiger partial charge in [0, 0.05) is 17.0 Å². The molecule has 0 aliphatic heterocycles. The SMILES string of the molecule is Cc1ccc2nc(SCC(=O)c3cc(C)n(CC(F)(F)F)c3C)[nH]c2c1. The number of hydrogen-bond donors (Lipinski definition) is 1. The average molecular weight is 381 g/mol. The number of fused-ring (bicyclic) bond motifs is 1.